The van der Waals surface area contributed by atoms with Crippen molar-refractivity contribution in [3.05, 3.63) is 71.1 Å². The van der Waals surface area contributed by atoms with Crippen molar-refractivity contribution in [2.75, 3.05) is 26.2 Å². The Morgan fingerprint density at radius 2 is 1.59 bits per heavy atom. The molecule has 1 aliphatic heterocycles. The number of benzene rings is 1. The Bertz CT molecular complexity index is 951. The zero-order chi connectivity index (χ0) is 23.5. The topological polar surface area (TPSA) is 117 Å². The minimum atomic E-state index is -1.82. The summed E-state index contributed by atoms with van der Waals surface area (Å²) >= 11 is 0. The Kier molecular flexibility index (Phi) is 9.56. The number of hydrogen-bond donors (Lipinski definition) is 2. The van der Waals surface area contributed by atoms with Gasteiger partial charge in [-0.15, -0.1) is 0 Å². The molecule has 170 valence electrons. The molecule has 0 aliphatic carbocycles. The number of carboxylic acids is 2. The Morgan fingerprint density at radius 1 is 1.00 bits per heavy atom. The summed E-state index contributed by atoms with van der Waals surface area (Å²) in [6, 6.07) is 14.0. The van der Waals surface area contributed by atoms with Crippen LogP contribution in [-0.2, 0) is 14.3 Å². The highest BCUT2D eigenvalue weighted by Crippen LogP contribution is 2.23. The minimum absolute atomic E-state index is 0.348. The van der Waals surface area contributed by atoms with Gasteiger partial charge < -0.3 is 14.9 Å². The number of likely N-dealkylation sites (tertiary alicyclic amines) is 1. The molecule has 1 aromatic carbocycles. The molecule has 8 nitrogen and oxygen atoms in total. The second-order valence-electron chi connectivity index (χ2n) is 7.23. The van der Waals surface area contributed by atoms with E-state index in [-0.39, 0.29) is 5.97 Å². The van der Waals surface area contributed by atoms with Crippen molar-refractivity contribution in [1.82, 2.24) is 9.88 Å². The Labute approximate surface area is 187 Å². The first-order valence-electron chi connectivity index (χ1n) is 10.4. The number of carbonyl (C=O) groups is 3. The normalized spacial score (nSPS) is 13.8. The molecule has 1 fully saturated rings. The molecule has 0 spiro atoms. The molecule has 1 saturated heterocycles. The van der Waals surface area contributed by atoms with Crippen LogP contribution in [0.5, 0.6) is 0 Å². The third-order valence-corrected chi connectivity index (χ3v) is 4.81. The summed E-state index contributed by atoms with van der Waals surface area (Å²) < 4.78 is 5.10. The maximum Gasteiger partial charge on any atom is 0.414 e. The van der Waals surface area contributed by atoms with E-state index in [2.05, 4.69) is 47.1 Å². The lowest BCUT2D eigenvalue weighted by Crippen LogP contribution is -2.19. The van der Waals surface area contributed by atoms with Crippen LogP contribution >= 0.6 is 0 Å². The monoisotopic (exact) mass is 440 g/mol. The van der Waals surface area contributed by atoms with Crippen molar-refractivity contribution in [2.45, 2.75) is 26.7 Å². The molecular formula is C24H28N2O6. The van der Waals surface area contributed by atoms with Gasteiger partial charge in [-0.3, -0.25) is 4.90 Å². The van der Waals surface area contributed by atoms with E-state index in [9.17, 15) is 4.79 Å². The summed E-state index contributed by atoms with van der Waals surface area (Å²) in [6.07, 6.45) is 4.77. The molecule has 1 aliphatic rings. The zero-order valence-electron chi connectivity index (χ0n) is 18.3. The van der Waals surface area contributed by atoms with Gasteiger partial charge >= 0.3 is 17.9 Å². The van der Waals surface area contributed by atoms with E-state index in [1.165, 1.54) is 18.4 Å². The van der Waals surface area contributed by atoms with Gasteiger partial charge in [0.15, 0.2) is 0 Å². The first-order valence-corrected chi connectivity index (χ1v) is 10.4. The van der Waals surface area contributed by atoms with Crippen LogP contribution in [0, 0.1) is 6.92 Å². The van der Waals surface area contributed by atoms with E-state index < -0.39 is 11.9 Å². The molecule has 0 unspecified atom stereocenters. The summed E-state index contributed by atoms with van der Waals surface area (Å²) in [6.45, 7) is 7.42. The third kappa shape index (κ3) is 7.63. The van der Waals surface area contributed by atoms with Gasteiger partial charge in [0.05, 0.1) is 12.3 Å². The summed E-state index contributed by atoms with van der Waals surface area (Å²) in [5.41, 5.74) is 4.55. The van der Waals surface area contributed by atoms with Crippen LogP contribution < -0.4 is 0 Å². The van der Waals surface area contributed by atoms with Crippen LogP contribution in [0.4, 0.5) is 0 Å². The van der Waals surface area contributed by atoms with Gasteiger partial charge in [-0.05, 0) is 57.5 Å². The number of carbonyl (C=O) groups excluding carboxylic acids is 1. The maximum absolute atomic E-state index is 12.1. The molecule has 8 heteroatoms. The molecule has 2 heterocycles. The lowest BCUT2D eigenvalue weighted by Gasteiger charge is -2.14. The molecule has 0 amide bonds. The standard InChI is InChI=1S/C22H26N2O2.C2H2O4/c1-3-26-22(25)21-8-6-7-20(23-21)19(13-16-24-14-4-5-15-24)18-11-9-17(2)10-12-18;3-1(4)2(5)6/h6-13H,3-5,14-16H2,1-2H3;(H,3,4)(H,5,6)/b19-13+;. The average Bonchev–Trinajstić information content (AvgIpc) is 3.29. The van der Waals surface area contributed by atoms with Crippen LogP contribution in [0.15, 0.2) is 48.5 Å². The van der Waals surface area contributed by atoms with E-state index in [0.29, 0.717) is 12.3 Å². The van der Waals surface area contributed by atoms with Crippen molar-refractivity contribution < 1.29 is 29.3 Å². The van der Waals surface area contributed by atoms with Crippen molar-refractivity contribution in [1.29, 1.82) is 0 Å². The highest BCUT2D eigenvalue weighted by Gasteiger charge is 2.14. The second kappa shape index (κ2) is 12.4. The number of hydrogen-bond acceptors (Lipinski definition) is 6. The molecule has 2 N–H and O–H groups in total. The Hall–Kier alpha value is -3.52. The van der Waals surface area contributed by atoms with Crippen LogP contribution in [0.1, 0.15) is 47.1 Å². The summed E-state index contributed by atoms with van der Waals surface area (Å²) in [5.74, 6) is -4.03. The number of aryl methyl sites for hydroxylation is 1. The SMILES string of the molecule is CCOC(=O)c1cccc(/C(=C/CN2CCCC2)c2ccc(C)cc2)n1.O=C(O)C(=O)O. The molecule has 0 atom stereocenters. The number of aromatic nitrogens is 1. The zero-order valence-corrected chi connectivity index (χ0v) is 18.3. The number of ether oxygens (including phenoxy) is 1. The van der Waals surface area contributed by atoms with Crippen LogP contribution in [0.25, 0.3) is 5.57 Å². The molecule has 0 radical (unpaired) electrons. The maximum atomic E-state index is 12.1. The molecule has 2 aromatic rings. The van der Waals surface area contributed by atoms with E-state index in [4.69, 9.17) is 24.5 Å². The van der Waals surface area contributed by atoms with Gasteiger partial charge in [0.25, 0.3) is 0 Å². The lowest BCUT2D eigenvalue weighted by molar-refractivity contribution is -0.159. The minimum Gasteiger partial charge on any atom is -0.473 e. The van der Waals surface area contributed by atoms with Gasteiger partial charge in [0.1, 0.15) is 5.69 Å². The molecular weight excluding hydrogens is 412 g/mol. The first kappa shape index (κ1) is 24.7. The highest BCUT2D eigenvalue weighted by molar-refractivity contribution is 6.27. The third-order valence-electron chi connectivity index (χ3n) is 4.81. The van der Waals surface area contributed by atoms with Crippen LogP contribution in [-0.4, -0.2) is 64.2 Å². The van der Waals surface area contributed by atoms with Crippen molar-refractivity contribution >= 4 is 23.5 Å². The first-order chi connectivity index (χ1) is 15.3. The van der Waals surface area contributed by atoms with Crippen LogP contribution in [0.3, 0.4) is 0 Å². The predicted octanol–water partition coefficient (Wildman–Crippen LogP) is 3.25. The summed E-state index contributed by atoms with van der Waals surface area (Å²) in [4.78, 5) is 37.3. The smallest absolute Gasteiger partial charge is 0.414 e. The Morgan fingerprint density at radius 3 is 2.16 bits per heavy atom. The molecule has 1 aromatic heterocycles. The van der Waals surface area contributed by atoms with Gasteiger partial charge in [-0.2, -0.15) is 0 Å². The number of pyridine rings is 1. The number of nitrogens with zero attached hydrogens (tertiary/aromatic N) is 2. The second-order valence-corrected chi connectivity index (χ2v) is 7.23. The fraction of sp³-hybridized carbons (Fsp3) is 0.333. The van der Waals surface area contributed by atoms with Crippen molar-refractivity contribution in [3.63, 3.8) is 0 Å². The molecule has 32 heavy (non-hydrogen) atoms. The molecule has 0 bridgehead atoms. The number of aliphatic carboxylic acids is 2. The average molecular weight is 440 g/mol. The van der Waals surface area contributed by atoms with E-state index in [1.54, 1.807) is 13.0 Å². The molecule has 0 saturated carbocycles. The highest BCUT2D eigenvalue weighted by atomic mass is 16.5. The van der Waals surface area contributed by atoms with Crippen molar-refractivity contribution in [2.24, 2.45) is 0 Å². The Balaban J connectivity index is 0.000000534. The number of rotatable bonds is 6. The van der Waals surface area contributed by atoms with Crippen LogP contribution in [0.2, 0.25) is 0 Å². The quantitative estimate of drug-likeness (QED) is 0.519. The summed E-state index contributed by atoms with van der Waals surface area (Å²) in [5, 5.41) is 14.8. The van der Waals surface area contributed by atoms with Gasteiger partial charge in [0.2, 0.25) is 0 Å². The van der Waals surface area contributed by atoms with Gasteiger partial charge in [-0.1, -0.05) is 42.0 Å². The van der Waals surface area contributed by atoms with E-state index in [1.807, 2.05) is 12.1 Å². The van der Waals surface area contributed by atoms with Gasteiger partial charge in [0, 0.05) is 12.1 Å². The van der Waals surface area contributed by atoms with E-state index in [0.717, 1.165) is 36.5 Å². The summed E-state index contributed by atoms with van der Waals surface area (Å²) in [7, 11) is 0. The molecule has 3 rings (SSSR count). The number of esters is 1. The van der Waals surface area contributed by atoms with Crippen molar-refractivity contribution in [3.8, 4) is 0 Å². The predicted molar refractivity (Wildman–Crippen MR) is 119 cm³/mol. The lowest BCUT2D eigenvalue weighted by atomic mass is 10.00. The number of carboxylic acid groups (broad SMARTS) is 2. The van der Waals surface area contributed by atoms with E-state index >= 15 is 0 Å². The fourth-order valence-electron chi connectivity index (χ4n) is 3.19. The largest absolute Gasteiger partial charge is 0.473 e. The van der Waals surface area contributed by atoms with Gasteiger partial charge in [-0.25, -0.2) is 19.4 Å². The fourth-order valence-corrected chi connectivity index (χ4v) is 3.19.